The number of allylic oxidation sites excluding steroid dienone is 2. The molecule has 1 aromatic heterocycles. The predicted molar refractivity (Wildman–Crippen MR) is 52.8 cm³/mol. The van der Waals surface area contributed by atoms with Crippen molar-refractivity contribution in [3.05, 3.63) is 30.2 Å². The smallest absolute Gasteiger partial charge is 0.143 e. The summed E-state index contributed by atoms with van der Waals surface area (Å²) in [5.74, 6) is 0.912. The number of hydrogen-bond donors (Lipinski definition) is 2. The van der Waals surface area contributed by atoms with E-state index in [0.29, 0.717) is 28.3 Å². The number of nitrogens with zero attached hydrogens (tertiary/aromatic N) is 3. The largest absolute Gasteiger partial charge is 0.383 e. The molecule has 0 atom stereocenters. The van der Waals surface area contributed by atoms with Crippen molar-refractivity contribution >= 4 is 17.2 Å². The van der Waals surface area contributed by atoms with Crippen molar-refractivity contribution in [3.63, 3.8) is 0 Å². The SMILES string of the molecule is C=C1C(C#N)=CNc2ncnc(N)c21. The topological polar surface area (TPSA) is 87.6 Å². The summed E-state index contributed by atoms with van der Waals surface area (Å²) >= 11 is 0. The van der Waals surface area contributed by atoms with Crippen molar-refractivity contribution in [2.24, 2.45) is 0 Å². The minimum absolute atomic E-state index is 0.327. The summed E-state index contributed by atoms with van der Waals surface area (Å²) in [6, 6.07) is 2.01. The lowest BCUT2D eigenvalue weighted by Gasteiger charge is -2.16. The Morgan fingerprint density at radius 2 is 2.29 bits per heavy atom. The van der Waals surface area contributed by atoms with Crippen LogP contribution >= 0.6 is 0 Å². The van der Waals surface area contributed by atoms with Gasteiger partial charge in [-0.15, -0.1) is 0 Å². The maximum atomic E-state index is 8.78. The van der Waals surface area contributed by atoms with Crippen molar-refractivity contribution < 1.29 is 0 Å². The fourth-order valence-electron chi connectivity index (χ4n) is 1.27. The van der Waals surface area contributed by atoms with E-state index in [2.05, 4.69) is 21.9 Å². The molecule has 1 aliphatic rings. The zero-order valence-corrected chi connectivity index (χ0v) is 7.28. The van der Waals surface area contributed by atoms with Crippen LogP contribution in [0.1, 0.15) is 5.56 Å². The quantitative estimate of drug-likeness (QED) is 0.627. The number of fused-ring (bicyclic) bond motifs is 1. The third kappa shape index (κ3) is 1.02. The van der Waals surface area contributed by atoms with Crippen LogP contribution in [0.3, 0.4) is 0 Å². The maximum absolute atomic E-state index is 8.78. The van der Waals surface area contributed by atoms with Crippen LogP contribution in [0.5, 0.6) is 0 Å². The highest BCUT2D eigenvalue weighted by molar-refractivity contribution is 5.93. The van der Waals surface area contributed by atoms with Crippen LogP contribution in [0.15, 0.2) is 24.7 Å². The van der Waals surface area contributed by atoms with Crippen LogP contribution in [-0.4, -0.2) is 9.97 Å². The van der Waals surface area contributed by atoms with Gasteiger partial charge in [-0.25, -0.2) is 9.97 Å². The summed E-state index contributed by atoms with van der Waals surface area (Å²) in [7, 11) is 0. The highest BCUT2D eigenvalue weighted by Gasteiger charge is 2.19. The average molecular weight is 185 g/mol. The molecule has 0 aliphatic carbocycles. The molecule has 0 saturated heterocycles. The Morgan fingerprint density at radius 3 is 3.00 bits per heavy atom. The fourth-order valence-corrected chi connectivity index (χ4v) is 1.27. The van der Waals surface area contributed by atoms with Crippen molar-refractivity contribution in [2.45, 2.75) is 0 Å². The molecule has 0 spiro atoms. The second-order valence-corrected chi connectivity index (χ2v) is 2.78. The third-order valence-corrected chi connectivity index (χ3v) is 1.98. The van der Waals surface area contributed by atoms with E-state index in [-0.39, 0.29) is 0 Å². The monoisotopic (exact) mass is 185 g/mol. The van der Waals surface area contributed by atoms with E-state index in [1.807, 2.05) is 6.07 Å². The number of nitrogen functional groups attached to an aromatic ring is 1. The Kier molecular flexibility index (Phi) is 1.68. The number of aromatic nitrogens is 2. The van der Waals surface area contributed by atoms with Gasteiger partial charge in [0.15, 0.2) is 0 Å². The number of anilines is 2. The molecule has 0 bridgehead atoms. The Hall–Kier alpha value is -2.35. The molecule has 3 N–H and O–H groups in total. The molecule has 5 heteroatoms. The summed E-state index contributed by atoms with van der Waals surface area (Å²) in [5, 5.41) is 11.6. The van der Waals surface area contributed by atoms with Gasteiger partial charge in [-0.3, -0.25) is 0 Å². The van der Waals surface area contributed by atoms with Crippen LogP contribution in [-0.2, 0) is 0 Å². The van der Waals surface area contributed by atoms with E-state index in [1.165, 1.54) is 6.33 Å². The third-order valence-electron chi connectivity index (χ3n) is 1.98. The zero-order valence-electron chi connectivity index (χ0n) is 7.28. The Labute approximate surface area is 80.6 Å². The molecule has 2 heterocycles. The van der Waals surface area contributed by atoms with E-state index in [0.717, 1.165) is 0 Å². The second-order valence-electron chi connectivity index (χ2n) is 2.78. The average Bonchev–Trinajstić information content (AvgIpc) is 2.18. The lowest BCUT2D eigenvalue weighted by atomic mass is 10.00. The summed E-state index contributed by atoms with van der Waals surface area (Å²) < 4.78 is 0. The van der Waals surface area contributed by atoms with Crippen molar-refractivity contribution in [3.8, 4) is 6.07 Å². The Morgan fingerprint density at radius 1 is 1.50 bits per heavy atom. The first kappa shape index (κ1) is 8.26. The predicted octanol–water partition coefficient (Wildman–Crippen LogP) is 0.905. The first-order valence-corrected chi connectivity index (χ1v) is 3.91. The normalized spacial score (nSPS) is 13.6. The van der Waals surface area contributed by atoms with Gasteiger partial charge in [-0.05, 0) is 0 Å². The van der Waals surface area contributed by atoms with E-state index in [9.17, 15) is 0 Å². The summed E-state index contributed by atoms with van der Waals surface area (Å²) in [6.07, 6.45) is 2.91. The Bertz CT molecular complexity index is 480. The highest BCUT2D eigenvalue weighted by atomic mass is 15.0. The molecule has 0 radical (unpaired) electrons. The van der Waals surface area contributed by atoms with Gasteiger partial charge in [-0.2, -0.15) is 5.26 Å². The van der Waals surface area contributed by atoms with Crippen molar-refractivity contribution in [1.82, 2.24) is 9.97 Å². The summed E-state index contributed by atoms with van der Waals surface area (Å²) in [6.45, 7) is 3.78. The van der Waals surface area contributed by atoms with Gasteiger partial charge >= 0.3 is 0 Å². The van der Waals surface area contributed by atoms with Gasteiger partial charge in [0.2, 0.25) is 0 Å². The number of nitrogens with two attached hydrogens (primary N) is 1. The van der Waals surface area contributed by atoms with Gasteiger partial charge in [-0.1, -0.05) is 6.58 Å². The summed E-state index contributed by atoms with van der Waals surface area (Å²) in [4.78, 5) is 7.82. The molecule has 1 aromatic rings. The molecule has 1 aliphatic heterocycles. The van der Waals surface area contributed by atoms with Gasteiger partial charge in [0.05, 0.1) is 11.1 Å². The van der Waals surface area contributed by atoms with E-state index < -0.39 is 0 Å². The van der Waals surface area contributed by atoms with Gasteiger partial charge in [0.1, 0.15) is 24.0 Å². The molecule has 0 unspecified atom stereocenters. The van der Waals surface area contributed by atoms with Crippen LogP contribution in [0.25, 0.3) is 5.57 Å². The zero-order chi connectivity index (χ0) is 10.1. The van der Waals surface area contributed by atoms with Crippen molar-refractivity contribution in [1.29, 1.82) is 5.26 Å². The number of hydrogen-bond acceptors (Lipinski definition) is 5. The van der Waals surface area contributed by atoms with Crippen LogP contribution in [0.4, 0.5) is 11.6 Å². The summed E-state index contributed by atoms with van der Waals surface area (Å²) in [5.41, 5.74) is 7.26. The molecule has 2 rings (SSSR count). The fraction of sp³-hybridized carbons (Fsp3) is 0. The van der Waals surface area contributed by atoms with Crippen molar-refractivity contribution in [2.75, 3.05) is 11.1 Å². The number of rotatable bonds is 0. The first-order valence-electron chi connectivity index (χ1n) is 3.91. The molecule has 0 amide bonds. The lowest BCUT2D eigenvalue weighted by Crippen LogP contribution is -2.09. The number of nitriles is 1. The second kappa shape index (κ2) is 2.85. The molecule has 0 saturated carbocycles. The van der Waals surface area contributed by atoms with Crippen LogP contribution < -0.4 is 11.1 Å². The minimum Gasteiger partial charge on any atom is -0.383 e. The van der Waals surface area contributed by atoms with Crippen LogP contribution in [0, 0.1) is 11.3 Å². The minimum atomic E-state index is 0.327. The van der Waals surface area contributed by atoms with E-state index >= 15 is 0 Å². The maximum Gasteiger partial charge on any atom is 0.143 e. The van der Waals surface area contributed by atoms with E-state index in [4.69, 9.17) is 11.0 Å². The van der Waals surface area contributed by atoms with Gasteiger partial charge in [0.25, 0.3) is 0 Å². The molecular formula is C9H7N5. The standard InChI is InChI=1S/C9H7N5/c1-5-6(2-10)3-12-9-7(5)8(11)13-4-14-9/h3-4H,1H2,(H3,11,12,13,14). The van der Waals surface area contributed by atoms with Crippen LogP contribution in [0.2, 0.25) is 0 Å². The molecule has 68 valence electrons. The molecular weight excluding hydrogens is 178 g/mol. The highest BCUT2D eigenvalue weighted by Crippen LogP contribution is 2.33. The van der Waals surface area contributed by atoms with Gasteiger partial charge in [0, 0.05) is 11.8 Å². The Balaban J connectivity index is 2.62. The van der Waals surface area contributed by atoms with Gasteiger partial charge < -0.3 is 11.1 Å². The molecule has 5 nitrogen and oxygen atoms in total. The number of nitrogens with one attached hydrogen (secondary N) is 1. The lowest BCUT2D eigenvalue weighted by molar-refractivity contribution is 1.15. The molecule has 0 fully saturated rings. The molecule has 0 aromatic carbocycles. The molecule has 14 heavy (non-hydrogen) atoms. The first-order chi connectivity index (χ1) is 6.74. The van der Waals surface area contributed by atoms with E-state index in [1.54, 1.807) is 6.20 Å².